The van der Waals surface area contributed by atoms with Gasteiger partial charge >= 0.3 is 0 Å². The van der Waals surface area contributed by atoms with E-state index in [1.165, 1.54) is 10.6 Å². The van der Waals surface area contributed by atoms with Gasteiger partial charge in [-0.05, 0) is 28.7 Å². The average Bonchev–Trinajstić information content (AvgIpc) is 2.56. The summed E-state index contributed by atoms with van der Waals surface area (Å²) in [5, 5.41) is 2.57. The van der Waals surface area contributed by atoms with Gasteiger partial charge in [0.15, 0.2) is 5.78 Å². The molecule has 2 heteroatoms. The molecule has 108 valence electrons. The van der Waals surface area contributed by atoms with Gasteiger partial charge in [-0.15, -0.1) is 0 Å². The maximum Gasteiger partial charge on any atom is 0.160 e. The molecule has 0 aliphatic carbocycles. The van der Waals surface area contributed by atoms with Crippen molar-refractivity contribution >= 4 is 25.0 Å². The zero-order chi connectivity index (χ0) is 15.4. The minimum absolute atomic E-state index is 0.105. The Kier molecular flexibility index (Phi) is 4.46. The normalized spacial score (nSPS) is 11.0. The van der Waals surface area contributed by atoms with Crippen LogP contribution < -0.4 is 10.6 Å². The molecule has 0 fully saturated rings. The van der Waals surface area contributed by atoms with Crippen LogP contribution in [0.2, 0.25) is 0 Å². The van der Waals surface area contributed by atoms with Gasteiger partial charge in [-0.25, -0.2) is 0 Å². The lowest BCUT2D eigenvalue weighted by atomic mass is 9.97. The number of Topliss-reactive ketones (excluding diaryl/α,β-unsaturated/α-hetero) is 1. The summed E-state index contributed by atoms with van der Waals surface area (Å²) >= 11 is 0. The van der Waals surface area contributed by atoms with Crippen LogP contribution in [0.4, 0.5) is 0 Å². The molecule has 3 aromatic carbocycles. The molecule has 1 nitrogen and oxygen atoms in total. The summed E-state index contributed by atoms with van der Waals surface area (Å²) in [5.41, 5.74) is 2.96. The molecule has 3 aromatic rings. The topological polar surface area (TPSA) is 17.1 Å². The number of benzene rings is 3. The smallest absolute Gasteiger partial charge is 0.160 e. The second kappa shape index (κ2) is 6.68. The lowest BCUT2D eigenvalue weighted by molar-refractivity contribution is 0.101. The molecule has 1 atom stereocenters. The van der Waals surface area contributed by atoms with Crippen molar-refractivity contribution in [3.63, 3.8) is 0 Å². The van der Waals surface area contributed by atoms with E-state index in [1.54, 1.807) is 6.92 Å². The van der Waals surface area contributed by atoms with Crippen LogP contribution in [0.25, 0.3) is 11.1 Å². The van der Waals surface area contributed by atoms with Crippen molar-refractivity contribution in [1.82, 2.24) is 0 Å². The van der Waals surface area contributed by atoms with E-state index in [1.807, 2.05) is 36.4 Å². The molecule has 0 N–H and O–H groups in total. The third kappa shape index (κ3) is 3.16. The van der Waals surface area contributed by atoms with Gasteiger partial charge in [-0.1, -0.05) is 87.4 Å². The monoisotopic (exact) mass is 304 g/mol. The molecule has 0 amide bonds. The van der Waals surface area contributed by atoms with Crippen LogP contribution in [0.5, 0.6) is 0 Å². The zero-order valence-corrected chi connectivity index (χ0v) is 13.4. The standard InChI is InChI=1S/C20H17OP/c1-15(21)17-11-5-6-12-18(17)19-13-7-8-14-20(19)22-16-9-3-2-4-10-16/h2-14,22H,1H3. The fourth-order valence-corrected chi connectivity index (χ4v) is 3.73. The average molecular weight is 304 g/mol. The molecular weight excluding hydrogens is 287 g/mol. The lowest BCUT2D eigenvalue weighted by Crippen LogP contribution is -2.08. The Bertz CT molecular complexity index is 794. The summed E-state index contributed by atoms with van der Waals surface area (Å²) in [5.74, 6) is 0.105. The van der Waals surface area contributed by atoms with Gasteiger partial charge < -0.3 is 0 Å². The van der Waals surface area contributed by atoms with Gasteiger partial charge in [0, 0.05) is 5.56 Å². The van der Waals surface area contributed by atoms with Crippen LogP contribution in [-0.2, 0) is 0 Å². The van der Waals surface area contributed by atoms with Crippen molar-refractivity contribution in [2.75, 3.05) is 0 Å². The first-order valence-corrected chi connectivity index (χ1v) is 8.27. The first-order valence-electron chi connectivity index (χ1n) is 7.27. The molecule has 0 spiro atoms. The minimum Gasteiger partial charge on any atom is -0.294 e. The fourth-order valence-electron chi connectivity index (χ4n) is 2.53. The third-order valence-corrected chi connectivity index (χ3v) is 4.90. The molecule has 0 aliphatic rings. The van der Waals surface area contributed by atoms with E-state index in [4.69, 9.17) is 0 Å². The number of hydrogen-bond donors (Lipinski definition) is 0. The van der Waals surface area contributed by atoms with Crippen molar-refractivity contribution < 1.29 is 4.79 Å². The number of carbonyl (C=O) groups excluding carboxylic acids is 1. The fraction of sp³-hybridized carbons (Fsp3) is 0.0500. The van der Waals surface area contributed by atoms with E-state index in [-0.39, 0.29) is 5.78 Å². The van der Waals surface area contributed by atoms with Crippen molar-refractivity contribution in [2.24, 2.45) is 0 Å². The summed E-state index contributed by atoms with van der Waals surface area (Å²) in [6.45, 7) is 1.63. The Balaban J connectivity index is 2.08. The van der Waals surface area contributed by atoms with Gasteiger partial charge in [0.1, 0.15) is 0 Å². The molecule has 1 unspecified atom stereocenters. The largest absolute Gasteiger partial charge is 0.294 e. The van der Waals surface area contributed by atoms with Crippen molar-refractivity contribution in [1.29, 1.82) is 0 Å². The molecule has 3 rings (SSSR count). The number of ketones is 1. The maximum atomic E-state index is 11.9. The van der Waals surface area contributed by atoms with Crippen LogP contribution in [0.3, 0.4) is 0 Å². The molecule has 0 radical (unpaired) electrons. The number of rotatable bonds is 4. The molecule has 0 bridgehead atoms. The maximum absolute atomic E-state index is 11.9. The SMILES string of the molecule is CC(=O)c1ccccc1-c1ccccc1Pc1ccccc1. The predicted molar refractivity (Wildman–Crippen MR) is 95.9 cm³/mol. The Morgan fingerprint density at radius 1 is 0.727 bits per heavy atom. The van der Waals surface area contributed by atoms with Gasteiger partial charge in [-0.3, -0.25) is 4.79 Å². The van der Waals surface area contributed by atoms with Crippen molar-refractivity contribution in [2.45, 2.75) is 6.92 Å². The van der Waals surface area contributed by atoms with Gasteiger partial charge in [-0.2, -0.15) is 0 Å². The Hall–Kier alpha value is -2.24. The van der Waals surface area contributed by atoms with E-state index < -0.39 is 0 Å². The highest BCUT2D eigenvalue weighted by Crippen LogP contribution is 2.26. The first-order chi connectivity index (χ1) is 10.8. The zero-order valence-electron chi connectivity index (χ0n) is 12.4. The summed E-state index contributed by atoms with van der Waals surface area (Å²) in [4.78, 5) is 11.9. The Morgan fingerprint density at radius 2 is 1.32 bits per heavy atom. The summed E-state index contributed by atoms with van der Waals surface area (Å²) in [7, 11) is 0.580. The second-order valence-corrected chi connectivity index (χ2v) is 6.50. The highest BCUT2D eigenvalue weighted by atomic mass is 31.1. The van der Waals surface area contributed by atoms with Crippen molar-refractivity contribution in [3.05, 3.63) is 84.4 Å². The Morgan fingerprint density at radius 3 is 2.05 bits per heavy atom. The van der Waals surface area contributed by atoms with Crippen LogP contribution >= 0.6 is 8.58 Å². The van der Waals surface area contributed by atoms with E-state index >= 15 is 0 Å². The second-order valence-electron chi connectivity index (χ2n) is 5.14. The van der Waals surface area contributed by atoms with Crippen LogP contribution in [0.1, 0.15) is 17.3 Å². The highest BCUT2D eigenvalue weighted by molar-refractivity contribution is 7.55. The Labute approximate surface area is 132 Å². The summed E-state index contributed by atoms with van der Waals surface area (Å²) < 4.78 is 0. The van der Waals surface area contributed by atoms with Crippen LogP contribution in [0, 0.1) is 0 Å². The highest BCUT2D eigenvalue weighted by Gasteiger charge is 2.11. The van der Waals surface area contributed by atoms with Crippen LogP contribution in [0.15, 0.2) is 78.9 Å². The van der Waals surface area contributed by atoms with Gasteiger partial charge in [0.2, 0.25) is 0 Å². The number of hydrogen-bond acceptors (Lipinski definition) is 1. The molecule has 22 heavy (non-hydrogen) atoms. The first kappa shape index (κ1) is 14.7. The number of carbonyl (C=O) groups is 1. The molecule has 0 heterocycles. The minimum atomic E-state index is 0.105. The van der Waals surface area contributed by atoms with E-state index in [2.05, 4.69) is 42.5 Å². The lowest BCUT2D eigenvalue weighted by Gasteiger charge is -2.12. The summed E-state index contributed by atoms with van der Waals surface area (Å²) in [6, 6.07) is 26.6. The van der Waals surface area contributed by atoms with Crippen molar-refractivity contribution in [3.8, 4) is 11.1 Å². The molecule has 0 aromatic heterocycles. The molecule has 0 saturated heterocycles. The van der Waals surface area contributed by atoms with E-state index in [9.17, 15) is 4.79 Å². The van der Waals surface area contributed by atoms with Crippen LogP contribution in [-0.4, -0.2) is 5.78 Å². The summed E-state index contributed by atoms with van der Waals surface area (Å²) in [6.07, 6.45) is 0. The van der Waals surface area contributed by atoms with E-state index in [0.717, 1.165) is 16.7 Å². The molecule has 0 saturated carbocycles. The molecule has 0 aliphatic heterocycles. The van der Waals surface area contributed by atoms with Gasteiger partial charge in [0.05, 0.1) is 0 Å². The molecular formula is C20H17OP. The predicted octanol–water partition coefficient (Wildman–Crippen LogP) is 4.19. The van der Waals surface area contributed by atoms with E-state index in [0.29, 0.717) is 8.58 Å². The quantitative estimate of drug-likeness (QED) is 0.522. The van der Waals surface area contributed by atoms with Gasteiger partial charge in [0.25, 0.3) is 0 Å². The third-order valence-electron chi connectivity index (χ3n) is 3.58.